The van der Waals surface area contributed by atoms with Crippen molar-refractivity contribution in [3.63, 3.8) is 0 Å². The fraction of sp³-hybridized carbons (Fsp3) is 0.333. The quantitative estimate of drug-likeness (QED) is 0.784. The van der Waals surface area contributed by atoms with Crippen molar-refractivity contribution < 1.29 is 0 Å². The van der Waals surface area contributed by atoms with Gasteiger partial charge in [-0.15, -0.1) is 11.3 Å². The maximum atomic E-state index is 4.55. The number of aromatic nitrogens is 2. The molecule has 0 atom stereocenters. The Balaban J connectivity index is 2.19. The zero-order valence-corrected chi connectivity index (χ0v) is 9.63. The second-order valence-electron chi connectivity index (χ2n) is 3.44. The fourth-order valence-electron chi connectivity index (χ4n) is 1.42. The van der Waals surface area contributed by atoms with Gasteiger partial charge in [-0.2, -0.15) is 0 Å². The monoisotopic (exact) mass is 218 g/mol. The van der Waals surface area contributed by atoms with Crippen LogP contribution < -0.4 is 0 Å². The van der Waals surface area contributed by atoms with Crippen LogP contribution in [0.25, 0.3) is 10.6 Å². The highest BCUT2D eigenvalue weighted by atomic mass is 32.1. The molecule has 0 aliphatic rings. The van der Waals surface area contributed by atoms with Gasteiger partial charge in [0.05, 0.1) is 10.6 Å². The molecule has 0 aliphatic heterocycles. The molecule has 0 N–H and O–H groups in total. The molecule has 3 heteroatoms. The van der Waals surface area contributed by atoms with Gasteiger partial charge in [0.2, 0.25) is 0 Å². The largest absolute Gasteiger partial charge is 0.241 e. The summed E-state index contributed by atoms with van der Waals surface area (Å²) < 4.78 is 0. The van der Waals surface area contributed by atoms with E-state index in [1.165, 1.54) is 11.3 Å². The first-order chi connectivity index (χ1) is 7.40. The molecule has 0 bridgehead atoms. The summed E-state index contributed by atoms with van der Waals surface area (Å²) in [4.78, 5) is 10.1. The highest BCUT2D eigenvalue weighted by Crippen LogP contribution is 2.22. The minimum absolute atomic E-state index is 0.961. The Labute approximate surface area is 94.0 Å². The number of aryl methyl sites for hydroxylation is 1. The van der Waals surface area contributed by atoms with Crippen LogP contribution in [0.15, 0.2) is 29.8 Å². The Kier molecular flexibility index (Phi) is 3.45. The molecule has 78 valence electrons. The van der Waals surface area contributed by atoms with E-state index in [9.17, 15) is 0 Å². The molecule has 2 aromatic rings. The molecule has 0 spiro atoms. The molecule has 0 unspecified atom stereocenters. The maximum absolute atomic E-state index is 4.55. The molecular formula is C12H14N2S. The van der Waals surface area contributed by atoms with Crippen molar-refractivity contribution in [1.29, 1.82) is 0 Å². The van der Waals surface area contributed by atoms with Gasteiger partial charge < -0.3 is 0 Å². The lowest BCUT2D eigenvalue weighted by atomic mass is 10.2. The van der Waals surface area contributed by atoms with Crippen molar-refractivity contribution in [2.24, 2.45) is 0 Å². The van der Waals surface area contributed by atoms with Crippen LogP contribution in [0, 0.1) is 0 Å². The average molecular weight is 218 g/mol. The lowest BCUT2D eigenvalue weighted by Crippen LogP contribution is -1.95. The number of nitrogens with zero attached hydrogens (tertiary/aromatic N) is 2. The maximum Gasteiger partial charge on any atom is 0.128 e. The van der Waals surface area contributed by atoms with Crippen molar-refractivity contribution in [3.8, 4) is 10.6 Å². The van der Waals surface area contributed by atoms with Crippen molar-refractivity contribution in [2.45, 2.75) is 26.2 Å². The van der Waals surface area contributed by atoms with Gasteiger partial charge in [0.1, 0.15) is 5.82 Å². The summed E-state index contributed by atoms with van der Waals surface area (Å²) in [6.07, 6.45) is 5.18. The number of unbranched alkanes of at least 4 members (excludes halogenated alkanes) is 1. The van der Waals surface area contributed by atoms with Gasteiger partial charge in [-0.25, -0.2) is 9.97 Å². The topological polar surface area (TPSA) is 25.8 Å². The van der Waals surface area contributed by atoms with E-state index in [0.717, 1.165) is 24.4 Å². The lowest BCUT2D eigenvalue weighted by molar-refractivity contribution is 0.753. The third kappa shape index (κ3) is 2.63. The Morgan fingerprint density at radius 1 is 1.33 bits per heavy atom. The summed E-state index contributed by atoms with van der Waals surface area (Å²) >= 11 is 1.72. The van der Waals surface area contributed by atoms with Crippen LogP contribution in [-0.4, -0.2) is 9.97 Å². The summed E-state index contributed by atoms with van der Waals surface area (Å²) in [5.41, 5.74) is 1.05. The zero-order valence-electron chi connectivity index (χ0n) is 8.81. The van der Waals surface area contributed by atoms with Crippen LogP contribution in [0.1, 0.15) is 25.6 Å². The molecular weight excluding hydrogens is 204 g/mol. The Bertz CT molecular complexity index is 409. The predicted octanol–water partition coefficient (Wildman–Crippen LogP) is 3.55. The van der Waals surface area contributed by atoms with Gasteiger partial charge in [0.15, 0.2) is 0 Å². The van der Waals surface area contributed by atoms with E-state index in [0.29, 0.717) is 0 Å². The highest BCUT2D eigenvalue weighted by molar-refractivity contribution is 7.13. The van der Waals surface area contributed by atoms with Gasteiger partial charge in [0, 0.05) is 12.6 Å². The summed E-state index contributed by atoms with van der Waals surface area (Å²) in [7, 11) is 0. The van der Waals surface area contributed by atoms with Crippen LogP contribution in [0.3, 0.4) is 0 Å². The molecule has 0 aromatic carbocycles. The fourth-order valence-corrected chi connectivity index (χ4v) is 2.11. The number of hydrogen-bond acceptors (Lipinski definition) is 3. The summed E-state index contributed by atoms with van der Waals surface area (Å²) in [5.74, 6) is 0.961. The molecule has 2 rings (SSSR count). The van der Waals surface area contributed by atoms with Crippen LogP contribution in [0.5, 0.6) is 0 Å². The van der Waals surface area contributed by atoms with E-state index in [1.54, 1.807) is 11.3 Å². The van der Waals surface area contributed by atoms with Crippen molar-refractivity contribution in [1.82, 2.24) is 9.97 Å². The first-order valence-electron chi connectivity index (χ1n) is 5.26. The van der Waals surface area contributed by atoms with E-state index in [-0.39, 0.29) is 0 Å². The third-order valence-electron chi connectivity index (χ3n) is 2.23. The van der Waals surface area contributed by atoms with Gasteiger partial charge in [0.25, 0.3) is 0 Å². The standard InChI is InChI=1S/C12H14N2S/c1-2-3-6-12-13-8-7-10(14-12)11-5-4-9-15-11/h4-5,7-9H,2-3,6H2,1H3. The number of rotatable bonds is 4. The van der Waals surface area contributed by atoms with Crippen LogP contribution in [0.2, 0.25) is 0 Å². The SMILES string of the molecule is CCCCc1nccc(-c2cccs2)n1. The smallest absolute Gasteiger partial charge is 0.128 e. The number of hydrogen-bond donors (Lipinski definition) is 0. The molecule has 0 saturated heterocycles. The Hall–Kier alpha value is -1.22. The van der Waals surface area contributed by atoms with Gasteiger partial charge in [-0.1, -0.05) is 19.4 Å². The molecule has 0 fully saturated rings. The van der Waals surface area contributed by atoms with Crippen molar-refractivity contribution in [3.05, 3.63) is 35.6 Å². The normalized spacial score (nSPS) is 10.5. The molecule has 0 saturated carbocycles. The molecule has 2 heterocycles. The molecule has 0 aliphatic carbocycles. The van der Waals surface area contributed by atoms with Gasteiger partial charge in [-0.05, 0) is 23.9 Å². The Morgan fingerprint density at radius 2 is 2.27 bits per heavy atom. The summed E-state index contributed by atoms with van der Waals surface area (Å²) in [5, 5.41) is 2.07. The van der Waals surface area contributed by atoms with Crippen molar-refractivity contribution in [2.75, 3.05) is 0 Å². The van der Waals surface area contributed by atoms with Crippen LogP contribution in [-0.2, 0) is 6.42 Å². The second-order valence-corrected chi connectivity index (χ2v) is 4.39. The van der Waals surface area contributed by atoms with Crippen LogP contribution >= 0.6 is 11.3 Å². The average Bonchev–Trinajstić information content (AvgIpc) is 2.80. The van der Waals surface area contributed by atoms with E-state index >= 15 is 0 Å². The zero-order chi connectivity index (χ0) is 10.5. The second kappa shape index (κ2) is 5.03. The van der Waals surface area contributed by atoms with Crippen molar-refractivity contribution >= 4 is 11.3 Å². The van der Waals surface area contributed by atoms with Gasteiger partial charge >= 0.3 is 0 Å². The minimum Gasteiger partial charge on any atom is -0.241 e. The number of thiophene rings is 1. The minimum atomic E-state index is 0.961. The van der Waals surface area contributed by atoms with Crippen LogP contribution in [0.4, 0.5) is 0 Å². The molecule has 2 aromatic heterocycles. The summed E-state index contributed by atoms with van der Waals surface area (Å²) in [6.45, 7) is 2.18. The molecule has 0 radical (unpaired) electrons. The van der Waals surface area contributed by atoms with E-state index < -0.39 is 0 Å². The first-order valence-corrected chi connectivity index (χ1v) is 6.14. The van der Waals surface area contributed by atoms with Gasteiger partial charge in [-0.3, -0.25) is 0 Å². The molecule has 15 heavy (non-hydrogen) atoms. The van der Waals surface area contributed by atoms with E-state index in [1.807, 2.05) is 18.3 Å². The summed E-state index contributed by atoms with van der Waals surface area (Å²) in [6, 6.07) is 6.12. The predicted molar refractivity (Wildman–Crippen MR) is 64.0 cm³/mol. The first kappa shape index (κ1) is 10.3. The lowest BCUT2D eigenvalue weighted by Gasteiger charge is -2.00. The molecule has 0 amide bonds. The molecule has 2 nitrogen and oxygen atoms in total. The third-order valence-corrected chi connectivity index (χ3v) is 3.13. The Morgan fingerprint density at radius 3 is 3.00 bits per heavy atom. The van der Waals surface area contributed by atoms with E-state index in [2.05, 4.69) is 28.3 Å². The van der Waals surface area contributed by atoms with E-state index in [4.69, 9.17) is 0 Å². The highest BCUT2D eigenvalue weighted by Gasteiger charge is 2.02.